The van der Waals surface area contributed by atoms with Crippen LogP contribution in [0.3, 0.4) is 0 Å². The SMILES string of the molecule is O=S(=O)(O)c1ccccc1-c1c2cc(O)c(O)cc2[o+]c2cc(O)c(O)cc12. The van der Waals surface area contributed by atoms with Gasteiger partial charge in [0.15, 0.2) is 23.0 Å². The minimum absolute atomic E-state index is 0.0750. The zero-order valence-electron chi connectivity index (χ0n) is 14.0. The fraction of sp³-hybridized carbons (Fsp3) is 0. The number of benzene rings is 3. The van der Waals surface area contributed by atoms with Crippen LogP contribution in [0.25, 0.3) is 33.1 Å². The molecule has 0 bridgehead atoms. The fourth-order valence-electron chi connectivity index (χ4n) is 3.13. The molecule has 0 radical (unpaired) electrons. The van der Waals surface area contributed by atoms with E-state index in [2.05, 4.69) is 0 Å². The standard InChI is InChI=1S/C19H12O8S/c20-12-5-10-16(7-14(12)22)27-17-8-15(23)13(21)6-11(17)19(10)9-3-1-2-4-18(9)28(24,25)26/h1-8H,(H4-,20,21,22,23,24,25,26)/p+1. The molecule has 3 aromatic carbocycles. The van der Waals surface area contributed by atoms with Crippen LogP contribution in [0.4, 0.5) is 0 Å². The van der Waals surface area contributed by atoms with E-state index in [4.69, 9.17) is 4.42 Å². The highest BCUT2D eigenvalue weighted by molar-refractivity contribution is 7.86. The van der Waals surface area contributed by atoms with Crippen LogP contribution >= 0.6 is 0 Å². The van der Waals surface area contributed by atoms with Crippen molar-refractivity contribution in [3.63, 3.8) is 0 Å². The van der Waals surface area contributed by atoms with Gasteiger partial charge in [-0.1, -0.05) is 18.2 Å². The van der Waals surface area contributed by atoms with Gasteiger partial charge in [0.25, 0.3) is 10.1 Å². The molecule has 0 spiro atoms. The molecule has 0 aliphatic heterocycles. The first kappa shape index (κ1) is 17.8. The lowest BCUT2D eigenvalue weighted by Crippen LogP contribution is -2.01. The molecule has 4 aromatic rings. The number of hydrogen-bond acceptors (Lipinski definition) is 6. The van der Waals surface area contributed by atoms with E-state index < -0.39 is 38.0 Å². The van der Waals surface area contributed by atoms with Crippen LogP contribution in [0, 0.1) is 0 Å². The Balaban J connectivity index is 2.29. The molecular formula is C19H13O8S+. The lowest BCUT2D eigenvalue weighted by molar-refractivity contribution is 0.403. The van der Waals surface area contributed by atoms with Gasteiger partial charge in [0.05, 0.1) is 22.9 Å². The second kappa shape index (κ2) is 5.98. The molecular weight excluding hydrogens is 388 g/mol. The zero-order chi connectivity index (χ0) is 20.2. The first-order valence-electron chi connectivity index (χ1n) is 7.91. The van der Waals surface area contributed by atoms with Gasteiger partial charge in [-0.05, 0) is 6.07 Å². The molecule has 1 heterocycles. The van der Waals surface area contributed by atoms with Gasteiger partial charge in [-0.15, -0.1) is 0 Å². The minimum atomic E-state index is -4.61. The molecule has 4 rings (SSSR count). The van der Waals surface area contributed by atoms with E-state index in [-0.39, 0.29) is 33.1 Å². The van der Waals surface area contributed by atoms with Gasteiger partial charge in [-0.3, -0.25) is 4.55 Å². The molecule has 0 atom stereocenters. The van der Waals surface area contributed by atoms with Crippen molar-refractivity contribution in [1.82, 2.24) is 0 Å². The van der Waals surface area contributed by atoms with Crippen molar-refractivity contribution in [3.8, 4) is 34.1 Å². The van der Waals surface area contributed by atoms with Crippen LogP contribution in [0.5, 0.6) is 23.0 Å². The van der Waals surface area contributed by atoms with Gasteiger partial charge in [-0.25, -0.2) is 4.42 Å². The average molecular weight is 401 g/mol. The third-order valence-electron chi connectivity index (χ3n) is 4.35. The maximum Gasteiger partial charge on any atom is 0.365 e. The molecule has 0 amide bonds. The van der Waals surface area contributed by atoms with Crippen molar-refractivity contribution >= 4 is 32.1 Å². The number of fused-ring (bicyclic) bond motifs is 2. The van der Waals surface area contributed by atoms with E-state index >= 15 is 0 Å². The molecule has 0 saturated heterocycles. The molecule has 5 N–H and O–H groups in total. The lowest BCUT2D eigenvalue weighted by Gasteiger charge is -2.10. The summed E-state index contributed by atoms with van der Waals surface area (Å²) < 4.78 is 39.1. The van der Waals surface area contributed by atoms with Crippen LogP contribution < -0.4 is 0 Å². The van der Waals surface area contributed by atoms with E-state index in [1.165, 1.54) is 30.3 Å². The van der Waals surface area contributed by atoms with E-state index in [0.29, 0.717) is 0 Å². The third-order valence-corrected chi connectivity index (χ3v) is 5.26. The summed E-state index contributed by atoms with van der Waals surface area (Å²) in [6.45, 7) is 0. The van der Waals surface area contributed by atoms with Crippen molar-refractivity contribution in [2.45, 2.75) is 4.90 Å². The summed E-state index contributed by atoms with van der Waals surface area (Å²) in [5.41, 5.74) is 0.433. The zero-order valence-corrected chi connectivity index (χ0v) is 14.8. The molecule has 0 aliphatic rings. The van der Waals surface area contributed by atoms with Crippen LogP contribution in [0.1, 0.15) is 0 Å². The van der Waals surface area contributed by atoms with Gasteiger partial charge in [-0.2, -0.15) is 8.42 Å². The Kier molecular flexibility index (Phi) is 3.81. The molecule has 0 unspecified atom stereocenters. The van der Waals surface area contributed by atoms with Crippen LogP contribution in [0.15, 0.2) is 57.8 Å². The predicted molar refractivity (Wildman–Crippen MR) is 100 cm³/mol. The van der Waals surface area contributed by atoms with Crippen molar-refractivity contribution in [3.05, 3.63) is 48.5 Å². The van der Waals surface area contributed by atoms with Crippen molar-refractivity contribution < 1.29 is 37.8 Å². The van der Waals surface area contributed by atoms with E-state index in [1.54, 1.807) is 6.07 Å². The molecule has 142 valence electrons. The van der Waals surface area contributed by atoms with Gasteiger partial charge >= 0.3 is 11.2 Å². The number of hydrogen-bond donors (Lipinski definition) is 5. The smallest absolute Gasteiger partial charge is 0.365 e. The highest BCUT2D eigenvalue weighted by Gasteiger charge is 2.27. The molecule has 9 heteroatoms. The first-order valence-corrected chi connectivity index (χ1v) is 9.35. The van der Waals surface area contributed by atoms with E-state index in [9.17, 15) is 33.4 Å². The van der Waals surface area contributed by atoms with Crippen molar-refractivity contribution in [1.29, 1.82) is 0 Å². The summed E-state index contributed by atoms with van der Waals surface area (Å²) in [5, 5.41) is 39.9. The molecule has 8 nitrogen and oxygen atoms in total. The minimum Gasteiger partial charge on any atom is -0.504 e. The monoisotopic (exact) mass is 401 g/mol. The van der Waals surface area contributed by atoms with E-state index in [1.807, 2.05) is 0 Å². The number of aromatic hydroxyl groups is 4. The summed E-state index contributed by atoms with van der Waals surface area (Å²) in [7, 11) is -4.61. The number of phenols is 4. The maximum atomic E-state index is 11.9. The highest BCUT2D eigenvalue weighted by atomic mass is 32.2. The highest BCUT2D eigenvalue weighted by Crippen LogP contribution is 2.44. The van der Waals surface area contributed by atoms with E-state index in [0.717, 1.165) is 12.1 Å². The summed E-state index contributed by atoms with van der Waals surface area (Å²) in [4.78, 5) is -0.399. The summed E-state index contributed by atoms with van der Waals surface area (Å²) >= 11 is 0. The molecule has 28 heavy (non-hydrogen) atoms. The van der Waals surface area contributed by atoms with Crippen LogP contribution in [0.2, 0.25) is 0 Å². The van der Waals surface area contributed by atoms with Gasteiger partial charge in [0.1, 0.15) is 4.90 Å². The fourth-order valence-corrected chi connectivity index (χ4v) is 3.83. The second-order valence-corrected chi connectivity index (χ2v) is 7.51. The number of phenolic OH excluding ortho intramolecular Hbond substituents is 4. The molecule has 1 aromatic heterocycles. The largest absolute Gasteiger partial charge is 0.504 e. The van der Waals surface area contributed by atoms with Crippen molar-refractivity contribution in [2.75, 3.05) is 0 Å². The Morgan fingerprint density at radius 1 is 0.714 bits per heavy atom. The Bertz CT molecular complexity index is 1310. The quantitative estimate of drug-likeness (QED) is 0.148. The third kappa shape index (κ3) is 2.73. The van der Waals surface area contributed by atoms with Gasteiger partial charge in [0.2, 0.25) is 0 Å². The van der Waals surface area contributed by atoms with Crippen molar-refractivity contribution in [2.24, 2.45) is 0 Å². The Morgan fingerprint density at radius 3 is 1.68 bits per heavy atom. The summed E-state index contributed by atoms with van der Waals surface area (Å²) in [5.74, 6) is -1.88. The first-order chi connectivity index (χ1) is 13.2. The molecule has 0 saturated carbocycles. The van der Waals surface area contributed by atoms with Gasteiger partial charge in [0, 0.05) is 23.3 Å². The van der Waals surface area contributed by atoms with Crippen LogP contribution in [-0.2, 0) is 10.1 Å². The summed E-state index contributed by atoms with van der Waals surface area (Å²) in [6, 6.07) is 10.2. The normalized spacial score (nSPS) is 11.9. The Morgan fingerprint density at radius 2 is 1.18 bits per heavy atom. The second-order valence-electron chi connectivity index (χ2n) is 6.12. The number of rotatable bonds is 2. The maximum absolute atomic E-state index is 11.9. The topological polar surface area (TPSA) is 147 Å². The molecule has 0 fully saturated rings. The average Bonchev–Trinajstić information content (AvgIpc) is 2.62. The van der Waals surface area contributed by atoms with Crippen LogP contribution in [-0.4, -0.2) is 33.4 Å². The Hall–Kier alpha value is -3.56. The molecule has 0 aliphatic carbocycles. The summed E-state index contributed by atoms with van der Waals surface area (Å²) in [6.07, 6.45) is 0. The van der Waals surface area contributed by atoms with Gasteiger partial charge < -0.3 is 20.4 Å². The lowest BCUT2D eigenvalue weighted by atomic mass is 9.96. The Labute approximate surface area is 157 Å². The predicted octanol–water partition coefficient (Wildman–Crippen LogP) is 3.60.